The van der Waals surface area contributed by atoms with Crippen molar-refractivity contribution in [2.75, 3.05) is 13.1 Å². The Morgan fingerprint density at radius 1 is 1.28 bits per heavy atom. The fourth-order valence-corrected chi connectivity index (χ4v) is 3.19. The van der Waals surface area contributed by atoms with E-state index in [2.05, 4.69) is 49.1 Å². The quantitative estimate of drug-likeness (QED) is 0.885. The molecular weight excluding hydrogens is 220 g/mol. The molecule has 2 rings (SSSR count). The molecule has 1 aromatic carbocycles. The topological polar surface area (TPSA) is 29.3 Å². The van der Waals surface area contributed by atoms with Gasteiger partial charge in [0, 0.05) is 18.6 Å². The molecule has 0 aliphatic carbocycles. The van der Waals surface area contributed by atoms with Crippen molar-refractivity contribution in [3.8, 4) is 0 Å². The maximum atomic E-state index is 6.01. The van der Waals surface area contributed by atoms with Crippen LogP contribution < -0.4 is 5.73 Å². The van der Waals surface area contributed by atoms with Crippen molar-refractivity contribution in [3.63, 3.8) is 0 Å². The smallest absolute Gasteiger partial charge is 0.0261 e. The molecule has 0 spiro atoms. The van der Waals surface area contributed by atoms with E-state index in [1.54, 1.807) is 0 Å². The minimum atomic E-state index is 0.495. The van der Waals surface area contributed by atoms with E-state index in [9.17, 15) is 0 Å². The van der Waals surface area contributed by atoms with E-state index in [4.69, 9.17) is 5.73 Å². The van der Waals surface area contributed by atoms with E-state index < -0.39 is 0 Å². The predicted octanol–water partition coefficient (Wildman–Crippen LogP) is 2.68. The van der Waals surface area contributed by atoms with Crippen molar-refractivity contribution < 1.29 is 0 Å². The van der Waals surface area contributed by atoms with Crippen molar-refractivity contribution in [1.29, 1.82) is 0 Å². The van der Waals surface area contributed by atoms with Crippen LogP contribution in [0.25, 0.3) is 0 Å². The Hall–Kier alpha value is -0.860. The zero-order valence-corrected chi connectivity index (χ0v) is 11.7. The SMILES string of the molecule is CC1CCN(C(CN)Cc2ccccc2)C(C)C1. The minimum absolute atomic E-state index is 0.495. The van der Waals surface area contributed by atoms with Crippen LogP contribution in [-0.4, -0.2) is 30.1 Å². The van der Waals surface area contributed by atoms with Gasteiger partial charge in [0.25, 0.3) is 0 Å². The number of benzene rings is 1. The Labute approximate surface area is 111 Å². The van der Waals surface area contributed by atoms with E-state index >= 15 is 0 Å². The molecule has 18 heavy (non-hydrogen) atoms. The minimum Gasteiger partial charge on any atom is -0.329 e. The van der Waals surface area contributed by atoms with Crippen LogP contribution in [0.1, 0.15) is 32.3 Å². The first-order chi connectivity index (χ1) is 8.70. The molecule has 0 aromatic heterocycles. The Morgan fingerprint density at radius 2 is 2.00 bits per heavy atom. The lowest BCUT2D eigenvalue weighted by atomic mass is 9.91. The first-order valence-corrected chi connectivity index (χ1v) is 7.20. The molecule has 100 valence electrons. The summed E-state index contributed by atoms with van der Waals surface area (Å²) in [5.41, 5.74) is 7.41. The number of rotatable bonds is 4. The first kappa shape index (κ1) is 13.6. The lowest BCUT2D eigenvalue weighted by Gasteiger charge is -2.41. The molecule has 0 radical (unpaired) electrons. The number of likely N-dealkylation sites (tertiary alicyclic amines) is 1. The monoisotopic (exact) mass is 246 g/mol. The number of nitrogens with two attached hydrogens (primary N) is 1. The van der Waals surface area contributed by atoms with Crippen LogP contribution in [0.2, 0.25) is 0 Å². The summed E-state index contributed by atoms with van der Waals surface area (Å²) in [6.45, 7) is 6.68. The van der Waals surface area contributed by atoms with E-state index in [1.165, 1.54) is 24.9 Å². The van der Waals surface area contributed by atoms with Crippen molar-refractivity contribution >= 4 is 0 Å². The second kappa shape index (κ2) is 6.35. The molecule has 1 saturated heterocycles. The van der Waals surface area contributed by atoms with Gasteiger partial charge in [-0.05, 0) is 44.2 Å². The molecule has 2 nitrogen and oxygen atoms in total. The first-order valence-electron chi connectivity index (χ1n) is 7.20. The zero-order valence-electron chi connectivity index (χ0n) is 11.7. The Kier molecular flexibility index (Phi) is 4.79. The number of hydrogen-bond donors (Lipinski definition) is 1. The fraction of sp³-hybridized carbons (Fsp3) is 0.625. The molecule has 2 heteroatoms. The van der Waals surface area contributed by atoms with E-state index in [1.807, 2.05) is 0 Å². The Morgan fingerprint density at radius 3 is 2.61 bits per heavy atom. The van der Waals surface area contributed by atoms with Gasteiger partial charge in [-0.3, -0.25) is 4.90 Å². The predicted molar refractivity (Wildman–Crippen MR) is 77.6 cm³/mol. The van der Waals surface area contributed by atoms with Crippen LogP contribution in [0.3, 0.4) is 0 Å². The molecule has 1 fully saturated rings. The summed E-state index contributed by atoms with van der Waals surface area (Å²) in [6.07, 6.45) is 3.71. The summed E-state index contributed by atoms with van der Waals surface area (Å²) in [5, 5.41) is 0. The van der Waals surface area contributed by atoms with Crippen molar-refractivity contribution in [2.45, 2.75) is 45.2 Å². The third-order valence-electron chi connectivity index (χ3n) is 4.24. The highest BCUT2D eigenvalue weighted by Gasteiger charge is 2.27. The highest BCUT2D eigenvalue weighted by atomic mass is 15.2. The molecule has 0 saturated carbocycles. The highest BCUT2D eigenvalue weighted by molar-refractivity contribution is 5.16. The molecule has 1 aliphatic rings. The summed E-state index contributed by atoms with van der Waals surface area (Å²) in [4.78, 5) is 2.62. The Balaban J connectivity index is 2.00. The molecule has 0 bridgehead atoms. The second-order valence-electron chi connectivity index (χ2n) is 5.80. The maximum Gasteiger partial charge on any atom is 0.0261 e. The number of hydrogen-bond acceptors (Lipinski definition) is 2. The Bertz CT molecular complexity index is 349. The normalized spacial score (nSPS) is 27.1. The molecule has 1 heterocycles. The van der Waals surface area contributed by atoms with Crippen molar-refractivity contribution in [3.05, 3.63) is 35.9 Å². The van der Waals surface area contributed by atoms with Gasteiger partial charge in [-0.25, -0.2) is 0 Å². The van der Waals surface area contributed by atoms with Crippen LogP contribution in [0.5, 0.6) is 0 Å². The van der Waals surface area contributed by atoms with Gasteiger partial charge < -0.3 is 5.73 Å². The van der Waals surface area contributed by atoms with Gasteiger partial charge in [0.05, 0.1) is 0 Å². The van der Waals surface area contributed by atoms with Gasteiger partial charge in [-0.1, -0.05) is 37.3 Å². The molecular formula is C16H26N2. The zero-order chi connectivity index (χ0) is 13.0. The van der Waals surface area contributed by atoms with Crippen LogP contribution in [-0.2, 0) is 6.42 Å². The number of nitrogens with zero attached hydrogens (tertiary/aromatic N) is 1. The van der Waals surface area contributed by atoms with Crippen LogP contribution in [0, 0.1) is 5.92 Å². The lowest BCUT2D eigenvalue weighted by molar-refractivity contribution is 0.0848. The van der Waals surface area contributed by atoms with Crippen LogP contribution >= 0.6 is 0 Å². The van der Waals surface area contributed by atoms with Gasteiger partial charge in [-0.2, -0.15) is 0 Å². The van der Waals surface area contributed by atoms with Crippen LogP contribution in [0.15, 0.2) is 30.3 Å². The third kappa shape index (κ3) is 3.33. The van der Waals surface area contributed by atoms with E-state index in [0.29, 0.717) is 12.1 Å². The van der Waals surface area contributed by atoms with Gasteiger partial charge in [0.15, 0.2) is 0 Å². The summed E-state index contributed by atoms with van der Waals surface area (Å²) in [6, 6.07) is 11.9. The van der Waals surface area contributed by atoms with Crippen LogP contribution in [0.4, 0.5) is 0 Å². The summed E-state index contributed by atoms with van der Waals surface area (Å²) in [7, 11) is 0. The maximum absolute atomic E-state index is 6.01. The molecule has 3 unspecified atom stereocenters. The van der Waals surface area contributed by atoms with Gasteiger partial charge >= 0.3 is 0 Å². The third-order valence-corrected chi connectivity index (χ3v) is 4.24. The summed E-state index contributed by atoms with van der Waals surface area (Å²) < 4.78 is 0. The number of piperidine rings is 1. The fourth-order valence-electron chi connectivity index (χ4n) is 3.19. The van der Waals surface area contributed by atoms with Gasteiger partial charge in [-0.15, -0.1) is 0 Å². The van der Waals surface area contributed by atoms with Crippen molar-refractivity contribution in [2.24, 2.45) is 11.7 Å². The molecule has 2 N–H and O–H groups in total. The lowest BCUT2D eigenvalue weighted by Crippen LogP contribution is -2.50. The average Bonchev–Trinajstić information content (AvgIpc) is 2.38. The van der Waals surface area contributed by atoms with Crippen molar-refractivity contribution in [1.82, 2.24) is 4.90 Å². The molecule has 0 amide bonds. The van der Waals surface area contributed by atoms with Gasteiger partial charge in [0.1, 0.15) is 0 Å². The highest BCUT2D eigenvalue weighted by Crippen LogP contribution is 2.24. The van der Waals surface area contributed by atoms with E-state index in [-0.39, 0.29) is 0 Å². The second-order valence-corrected chi connectivity index (χ2v) is 5.80. The molecule has 1 aromatic rings. The van der Waals surface area contributed by atoms with E-state index in [0.717, 1.165) is 18.9 Å². The summed E-state index contributed by atoms with van der Waals surface area (Å²) >= 11 is 0. The standard InChI is InChI=1S/C16H26N2/c1-13-8-9-18(14(2)10-13)16(12-17)11-15-6-4-3-5-7-15/h3-7,13-14,16H,8-12,17H2,1-2H3. The molecule has 3 atom stereocenters. The largest absolute Gasteiger partial charge is 0.329 e. The van der Waals surface area contributed by atoms with Gasteiger partial charge in [0.2, 0.25) is 0 Å². The average molecular weight is 246 g/mol. The summed E-state index contributed by atoms with van der Waals surface area (Å²) in [5.74, 6) is 0.867. The molecule has 1 aliphatic heterocycles.